The second-order valence-electron chi connectivity index (χ2n) is 6.65. The van der Waals surface area contributed by atoms with Crippen molar-refractivity contribution in [2.75, 3.05) is 18.0 Å². The SMILES string of the molecule is COc1ccc(S(=O)(=O)N(CC(=O)NCc2ccncc2)c2ccc(C)cc2)cc1. The van der Waals surface area contributed by atoms with Gasteiger partial charge in [0.15, 0.2) is 0 Å². The highest BCUT2D eigenvalue weighted by Crippen LogP contribution is 2.25. The molecule has 0 fully saturated rings. The van der Waals surface area contributed by atoms with Crippen LogP contribution < -0.4 is 14.4 Å². The molecular formula is C22H23N3O4S. The maximum absolute atomic E-state index is 13.3. The van der Waals surface area contributed by atoms with Gasteiger partial charge in [-0.15, -0.1) is 0 Å². The highest BCUT2D eigenvalue weighted by atomic mass is 32.2. The fourth-order valence-electron chi connectivity index (χ4n) is 2.79. The van der Waals surface area contributed by atoms with E-state index in [9.17, 15) is 13.2 Å². The molecule has 3 aromatic rings. The average Bonchev–Trinajstić information content (AvgIpc) is 2.77. The van der Waals surface area contributed by atoms with Crippen molar-refractivity contribution >= 4 is 21.6 Å². The van der Waals surface area contributed by atoms with Gasteiger partial charge in [0, 0.05) is 18.9 Å². The molecule has 1 amide bonds. The number of nitrogens with zero attached hydrogens (tertiary/aromatic N) is 2. The number of aromatic nitrogens is 1. The second-order valence-corrected chi connectivity index (χ2v) is 8.52. The van der Waals surface area contributed by atoms with Crippen LogP contribution in [0.25, 0.3) is 0 Å². The molecular weight excluding hydrogens is 402 g/mol. The van der Waals surface area contributed by atoms with Gasteiger partial charge in [0.2, 0.25) is 5.91 Å². The number of rotatable bonds is 8. The summed E-state index contributed by atoms with van der Waals surface area (Å²) < 4.78 is 32.9. The summed E-state index contributed by atoms with van der Waals surface area (Å²) in [5.41, 5.74) is 2.27. The number of aryl methyl sites for hydroxylation is 1. The van der Waals surface area contributed by atoms with Crippen molar-refractivity contribution in [1.29, 1.82) is 0 Å². The van der Waals surface area contributed by atoms with E-state index in [1.165, 1.54) is 19.2 Å². The fourth-order valence-corrected chi connectivity index (χ4v) is 4.21. The molecule has 0 radical (unpaired) electrons. The lowest BCUT2D eigenvalue weighted by Gasteiger charge is -2.24. The van der Waals surface area contributed by atoms with E-state index >= 15 is 0 Å². The van der Waals surface area contributed by atoms with E-state index in [1.807, 2.05) is 6.92 Å². The third kappa shape index (κ3) is 5.15. The minimum atomic E-state index is -3.96. The van der Waals surface area contributed by atoms with Crippen molar-refractivity contribution in [3.63, 3.8) is 0 Å². The first-order chi connectivity index (χ1) is 14.4. The zero-order chi connectivity index (χ0) is 21.6. The lowest BCUT2D eigenvalue weighted by Crippen LogP contribution is -2.40. The molecule has 0 atom stereocenters. The van der Waals surface area contributed by atoms with Crippen molar-refractivity contribution in [2.24, 2.45) is 0 Å². The average molecular weight is 426 g/mol. The van der Waals surface area contributed by atoms with Crippen LogP contribution in [-0.4, -0.2) is 33.0 Å². The molecule has 0 aliphatic carbocycles. The highest BCUT2D eigenvalue weighted by molar-refractivity contribution is 7.92. The van der Waals surface area contributed by atoms with Gasteiger partial charge in [-0.2, -0.15) is 0 Å². The smallest absolute Gasteiger partial charge is 0.264 e. The van der Waals surface area contributed by atoms with E-state index in [2.05, 4.69) is 10.3 Å². The minimum absolute atomic E-state index is 0.0748. The Kier molecular flexibility index (Phi) is 6.68. The summed E-state index contributed by atoms with van der Waals surface area (Å²) in [7, 11) is -2.45. The molecule has 0 aliphatic rings. The Labute approximate surface area is 176 Å². The molecule has 2 aromatic carbocycles. The van der Waals surface area contributed by atoms with Crippen LogP contribution in [0, 0.1) is 6.92 Å². The Morgan fingerprint density at radius 3 is 2.23 bits per heavy atom. The van der Waals surface area contributed by atoms with Gasteiger partial charge < -0.3 is 10.1 Å². The third-order valence-corrected chi connectivity index (χ3v) is 6.28. The summed E-state index contributed by atoms with van der Waals surface area (Å²) in [5.74, 6) is 0.135. The molecule has 7 nitrogen and oxygen atoms in total. The van der Waals surface area contributed by atoms with Crippen LogP contribution in [0.3, 0.4) is 0 Å². The lowest BCUT2D eigenvalue weighted by atomic mass is 10.2. The summed E-state index contributed by atoms with van der Waals surface area (Å²) in [5, 5.41) is 2.76. The summed E-state index contributed by atoms with van der Waals surface area (Å²) in [6.45, 7) is 1.85. The zero-order valence-electron chi connectivity index (χ0n) is 16.8. The number of nitrogens with one attached hydrogen (secondary N) is 1. The summed E-state index contributed by atoms with van der Waals surface area (Å²) in [4.78, 5) is 16.6. The van der Waals surface area contributed by atoms with Crippen LogP contribution in [0.1, 0.15) is 11.1 Å². The largest absolute Gasteiger partial charge is 0.497 e. The predicted octanol–water partition coefficient (Wildman–Crippen LogP) is 2.91. The van der Waals surface area contributed by atoms with E-state index in [1.54, 1.807) is 60.9 Å². The molecule has 0 aliphatic heterocycles. The minimum Gasteiger partial charge on any atom is -0.497 e. The number of carbonyl (C=O) groups is 1. The number of sulfonamides is 1. The van der Waals surface area contributed by atoms with Gasteiger partial charge in [-0.3, -0.25) is 14.1 Å². The predicted molar refractivity (Wildman–Crippen MR) is 115 cm³/mol. The number of methoxy groups -OCH3 is 1. The van der Waals surface area contributed by atoms with Gasteiger partial charge >= 0.3 is 0 Å². The van der Waals surface area contributed by atoms with Crippen LogP contribution in [0.5, 0.6) is 5.75 Å². The normalized spacial score (nSPS) is 11.0. The van der Waals surface area contributed by atoms with Gasteiger partial charge in [-0.1, -0.05) is 17.7 Å². The van der Waals surface area contributed by atoms with Crippen LogP contribution in [0.4, 0.5) is 5.69 Å². The van der Waals surface area contributed by atoms with Crippen molar-refractivity contribution in [3.8, 4) is 5.75 Å². The van der Waals surface area contributed by atoms with Gasteiger partial charge in [-0.25, -0.2) is 8.42 Å². The van der Waals surface area contributed by atoms with Crippen molar-refractivity contribution < 1.29 is 17.9 Å². The zero-order valence-corrected chi connectivity index (χ0v) is 17.6. The number of hydrogen-bond donors (Lipinski definition) is 1. The molecule has 8 heteroatoms. The van der Waals surface area contributed by atoms with E-state index in [0.29, 0.717) is 11.4 Å². The highest BCUT2D eigenvalue weighted by Gasteiger charge is 2.27. The molecule has 30 heavy (non-hydrogen) atoms. The molecule has 1 aromatic heterocycles. The van der Waals surface area contributed by atoms with Gasteiger partial charge in [0.1, 0.15) is 12.3 Å². The first kappa shape index (κ1) is 21.3. The number of benzene rings is 2. The Morgan fingerprint density at radius 2 is 1.63 bits per heavy atom. The van der Waals surface area contributed by atoms with E-state index in [0.717, 1.165) is 15.4 Å². The number of anilines is 1. The molecule has 3 rings (SSSR count). The molecule has 0 saturated heterocycles. The first-order valence-electron chi connectivity index (χ1n) is 9.29. The van der Waals surface area contributed by atoms with E-state index in [-0.39, 0.29) is 18.0 Å². The van der Waals surface area contributed by atoms with Crippen LogP contribution >= 0.6 is 0 Å². The second kappa shape index (κ2) is 9.41. The molecule has 0 saturated carbocycles. The van der Waals surface area contributed by atoms with E-state index in [4.69, 9.17) is 4.74 Å². The van der Waals surface area contributed by atoms with Crippen LogP contribution in [0.15, 0.2) is 78.0 Å². The molecule has 0 unspecified atom stereocenters. The molecule has 1 heterocycles. The van der Waals surface area contributed by atoms with Crippen LogP contribution in [0.2, 0.25) is 0 Å². The number of ether oxygens (including phenoxy) is 1. The first-order valence-corrected chi connectivity index (χ1v) is 10.7. The number of hydrogen-bond acceptors (Lipinski definition) is 5. The van der Waals surface area contributed by atoms with Gasteiger partial charge in [0.25, 0.3) is 10.0 Å². The molecule has 1 N–H and O–H groups in total. The third-order valence-electron chi connectivity index (χ3n) is 4.50. The maximum Gasteiger partial charge on any atom is 0.264 e. The van der Waals surface area contributed by atoms with Gasteiger partial charge in [-0.05, 0) is 61.0 Å². The summed E-state index contributed by atoms with van der Waals surface area (Å²) in [6, 6.07) is 16.6. The van der Waals surface area contributed by atoms with Crippen molar-refractivity contribution in [3.05, 3.63) is 84.2 Å². The lowest BCUT2D eigenvalue weighted by molar-refractivity contribution is -0.119. The number of carbonyl (C=O) groups excluding carboxylic acids is 1. The quantitative estimate of drug-likeness (QED) is 0.600. The summed E-state index contributed by atoms with van der Waals surface area (Å²) in [6.07, 6.45) is 3.27. The molecule has 156 valence electrons. The molecule has 0 spiro atoms. The molecule has 0 bridgehead atoms. The van der Waals surface area contributed by atoms with E-state index < -0.39 is 15.9 Å². The topological polar surface area (TPSA) is 88.6 Å². The number of amides is 1. The Bertz CT molecular complexity index is 1080. The van der Waals surface area contributed by atoms with Gasteiger partial charge in [0.05, 0.1) is 17.7 Å². The summed E-state index contributed by atoms with van der Waals surface area (Å²) >= 11 is 0. The Hall–Kier alpha value is -3.39. The van der Waals surface area contributed by atoms with Crippen LogP contribution in [-0.2, 0) is 21.4 Å². The standard InChI is InChI=1S/C22H23N3O4S/c1-17-3-5-19(6-4-17)25(16-22(26)24-15-18-11-13-23-14-12-18)30(27,28)21-9-7-20(29-2)8-10-21/h3-14H,15-16H2,1-2H3,(H,24,26). The van der Waals surface area contributed by atoms with Crippen molar-refractivity contribution in [1.82, 2.24) is 10.3 Å². The monoisotopic (exact) mass is 425 g/mol. The number of pyridine rings is 1. The fraction of sp³-hybridized carbons (Fsp3) is 0.182. The van der Waals surface area contributed by atoms with Crippen molar-refractivity contribution in [2.45, 2.75) is 18.4 Å². The Balaban J connectivity index is 1.86. The Morgan fingerprint density at radius 1 is 1.00 bits per heavy atom. The maximum atomic E-state index is 13.3.